The molecule has 56 valence electrons. The van der Waals surface area contributed by atoms with E-state index >= 15 is 0 Å². The van der Waals surface area contributed by atoms with E-state index in [9.17, 15) is 14.0 Å². The van der Waals surface area contributed by atoms with Gasteiger partial charge in [0.05, 0.1) is 0 Å². The number of hydrogen-bond donors (Lipinski definition) is 0. The minimum atomic E-state index is -1.15. The highest BCUT2D eigenvalue weighted by molar-refractivity contribution is 5.16. The quantitative estimate of drug-likeness (QED) is 0.405. The summed E-state index contributed by atoms with van der Waals surface area (Å²) in [5.41, 5.74) is -0.730. The summed E-state index contributed by atoms with van der Waals surface area (Å²) >= 11 is 0. The smallest absolute Gasteiger partial charge is 0.330 e. The Kier molecular flexibility index (Phi) is 1.68. The van der Waals surface area contributed by atoms with E-state index in [0.29, 0.717) is 12.3 Å². The molecule has 0 spiro atoms. The van der Waals surface area contributed by atoms with E-state index in [1.54, 1.807) is 0 Å². The molecule has 0 aliphatic carbocycles. The van der Waals surface area contributed by atoms with Crippen LogP contribution in [0.5, 0.6) is 0 Å². The van der Waals surface area contributed by atoms with Crippen LogP contribution < -0.4 is 4.73 Å². The van der Waals surface area contributed by atoms with E-state index in [4.69, 9.17) is 5.26 Å². The monoisotopic (exact) mass is 156 g/mol. The Morgan fingerprint density at radius 3 is 2.64 bits per heavy atom. The predicted octanol–water partition coefficient (Wildman–Crippen LogP) is 0.470. The lowest BCUT2D eigenvalue weighted by Gasteiger charge is -1.97. The number of nitriles is 1. The highest BCUT2D eigenvalue weighted by atomic mass is 19.1. The molecule has 5 heteroatoms. The van der Waals surface area contributed by atoms with E-state index in [2.05, 4.69) is 0 Å². The number of aromatic nitrogens is 1. The molecule has 0 aliphatic rings. The van der Waals surface area contributed by atoms with Crippen LogP contribution in [0.1, 0.15) is 5.69 Å². The van der Waals surface area contributed by atoms with Gasteiger partial charge < -0.3 is 5.21 Å². The standard InChI is InChI=1S/C6H2F2N2O/c7-4-1-5(8)6(2-9)10(11)3-4/h1,3H. The first kappa shape index (κ1) is 7.41. The Balaban J connectivity index is 3.40. The van der Waals surface area contributed by atoms with Crippen LogP contribution in [-0.2, 0) is 0 Å². The van der Waals surface area contributed by atoms with E-state index in [1.165, 1.54) is 6.07 Å². The second-order valence-corrected chi connectivity index (χ2v) is 1.79. The highest BCUT2D eigenvalue weighted by Crippen LogP contribution is 2.01. The number of pyridine rings is 1. The molecule has 0 bridgehead atoms. The van der Waals surface area contributed by atoms with E-state index < -0.39 is 17.3 Å². The van der Waals surface area contributed by atoms with Crippen LogP contribution in [-0.4, -0.2) is 0 Å². The van der Waals surface area contributed by atoms with E-state index in [1.807, 2.05) is 0 Å². The number of rotatable bonds is 0. The third-order valence-electron chi connectivity index (χ3n) is 1.06. The Morgan fingerprint density at radius 2 is 2.18 bits per heavy atom. The number of halogens is 2. The Hall–Kier alpha value is -1.70. The van der Waals surface area contributed by atoms with Crippen molar-refractivity contribution in [1.29, 1.82) is 5.26 Å². The zero-order valence-electron chi connectivity index (χ0n) is 5.21. The Labute approximate surface area is 60.7 Å². The second-order valence-electron chi connectivity index (χ2n) is 1.79. The first-order valence-electron chi connectivity index (χ1n) is 2.63. The molecule has 0 aliphatic heterocycles. The maximum atomic E-state index is 12.4. The fourth-order valence-electron chi connectivity index (χ4n) is 0.611. The molecule has 0 unspecified atom stereocenters. The molecule has 0 fully saturated rings. The summed E-state index contributed by atoms with van der Waals surface area (Å²) in [5.74, 6) is -2.15. The van der Waals surface area contributed by atoms with Crippen LogP contribution in [0.4, 0.5) is 8.78 Å². The summed E-state index contributed by atoms with van der Waals surface area (Å²) in [6.45, 7) is 0. The van der Waals surface area contributed by atoms with Gasteiger partial charge in [0.1, 0.15) is 0 Å². The minimum absolute atomic E-state index is 0.148. The van der Waals surface area contributed by atoms with Gasteiger partial charge in [-0.3, -0.25) is 0 Å². The third-order valence-corrected chi connectivity index (χ3v) is 1.06. The molecule has 0 N–H and O–H groups in total. The first-order chi connectivity index (χ1) is 5.15. The van der Waals surface area contributed by atoms with Gasteiger partial charge in [-0.15, -0.1) is 0 Å². The lowest BCUT2D eigenvalue weighted by Crippen LogP contribution is -2.31. The van der Waals surface area contributed by atoms with Crippen molar-refractivity contribution in [2.75, 3.05) is 0 Å². The van der Waals surface area contributed by atoms with Crippen molar-refractivity contribution >= 4 is 0 Å². The van der Waals surface area contributed by atoms with Crippen LogP contribution in [0, 0.1) is 28.2 Å². The summed E-state index contributed by atoms with van der Waals surface area (Å²) in [5, 5.41) is 18.7. The zero-order valence-corrected chi connectivity index (χ0v) is 5.21. The molecule has 0 radical (unpaired) electrons. The normalized spacial score (nSPS) is 9.18. The molecule has 0 amide bonds. The predicted molar refractivity (Wildman–Crippen MR) is 30.0 cm³/mol. The molecule has 0 aromatic carbocycles. The summed E-state index contributed by atoms with van der Waals surface area (Å²) in [7, 11) is 0. The van der Waals surface area contributed by atoms with E-state index in [0.717, 1.165) is 0 Å². The average molecular weight is 156 g/mol. The maximum Gasteiger partial charge on any atom is 0.330 e. The third kappa shape index (κ3) is 1.24. The topological polar surface area (TPSA) is 50.7 Å². The van der Waals surface area contributed by atoms with Gasteiger partial charge in [0.25, 0.3) is 0 Å². The minimum Gasteiger partial charge on any atom is -0.618 e. The fourth-order valence-corrected chi connectivity index (χ4v) is 0.611. The molecule has 0 saturated heterocycles. The lowest BCUT2D eigenvalue weighted by atomic mass is 10.3. The molecule has 1 aromatic rings. The fraction of sp³-hybridized carbons (Fsp3) is 0. The second kappa shape index (κ2) is 2.50. The molecule has 1 heterocycles. The molecule has 11 heavy (non-hydrogen) atoms. The highest BCUT2D eigenvalue weighted by Gasteiger charge is 2.13. The van der Waals surface area contributed by atoms with Crippen molar-refractivity contribution < 1.29 is 13.5 Å². The van der Waals surface area contributed by atoms with Crippen LogP contribution in [0.15, 0.2) is 12.3 Å². The SMILES string of the molecule is N#Cc1c(F)cc(F)c[n+]1[O-]. The summed E-state index contributed by atoms with van der Waals surface area (Å²) < 4.78 is 24.5. The number of nitrogens with zero attached hydrogens (tertiary/aromatic N) is 2. The molecule has 0 atom stereocenters. The number of hydrogen-bond acceptors (Lipinski definition) is 2. The van der Waals surface area contributed by atoms with Gasteiger partial charge in [-0.25, -0.2) is 4.39 Å². The van der Waals surface area contributed by atoms with Gasteiger partial charge in [0, 0.05) is 6.07 Å². The van der Waals surface area contributed by atoms with E-state index in [-0.39, 0.29) is 4.73 Å². The first-order valence-corrected chi connectivity index (χ1v) is 2.63. The van der Waals surface area contributed by atoms with Crippen molar-refractivity contribution in [1.82, 2.24) is 0 Å². The van der Waals surface area contributed by atoms with Gasteiger partial charge >= 0.3 is 5.69 Å². The molecule has 0 saturated carbocycles. The molecular formula is C6H2F2N2O. The maximum absolute atomic E-state index is 12.4. The average Bonchev–Trinajstić information content (AvgIpc) is 1.85. The van der Waals surface area contributed by atoms with Gasteiger partial charge in [-0.1, -0.05) is 0 Å². The van der Waals surface area contributed by atoms with Crippen molar-refractivity contribution in [3.05, 3.63) is 34.8 Å². The van der Waals surface area contributed by atoms with Crippen molar-refractivity contribution in [3.8, 4) is 6.07 Å². The summed E-state index contributed by atoms with van der Waals surface area (Å²) in [6.07, 6.45) is 0.488. The molecular weight excluding hydrogens is 154 g/mol. The van der Waals surface area contributed by atoms with Gasteiger partial charge in [-0.05, 0) is 0 Å². The van der Waals surface area contributed by atoms with Crippen molar-refractivity contribution in [2.45, 2.75) is 0 Å². The lowest BCUT2D eigenvalue weighted by molar-refractivity contribution is -0.611. The van der Waals surface area contributed by atoms with Crippen LogP contribution in [0.25, 0.3) is 0 Å². The largest absolute Gasteiger partial charge is 0.618 e. The summed E-state index contributed by atoms with van der Waals surface area (Å²) in [4.78, 5) is 0. The van der Waals surface area contributed by atoms with Gasteiger partial charge in [0.15, 0.2) is 11.9 Å². The van der Waals surface area contributed by atoms with Gasteiger partial charge in [-0.2, -0.15) is 14.4 Å². The van der Waals surface area contributed by atoms with Crippen LogP contribution in [0.3, 0.4) is 0 Å². The van der Waals surface area contributed by atoms with Gasteiger partial charge in [0.2, 0.25) is 12.0 Å². The molecule has 3 nitrogen and oxygen atoms in total. The Bertz CT molecular complexity index is 309. The molecule has 1 rings (SSSR count). The molecule has 1 aromatic heterocycles. The summed E-state index contributed by atoms with van der Waals surface area (Å²) in [6, 6.07) is 1.78. The van der Waals surface area contributed by atoms with Crippen molar-refractivity contribution in [3.63, 3.8) is 0 Å². The van der Waals surface area contributed by atoms with Crippen LogP contribution in [0.2, 0.25) is 0 Å². The Morgan fingerprint density at radius 1 is 1.55 bits per heavy atom. The zero-order chi connectivity index (χ0) is 8.43. The van der Waals surface area contributed by atoms with Crippen molar-refractivity contribution in [2.24, 2.45) is 0 Å². The van der Waals surface area contributed by atoms with Crippen LogP contribution >= 0.6 is 0 Å².